The van der Waals surface area contributed by atoms with Crippen molar-refractivity contribution >= 4 is 59.1 Å². The van der Waals surface area contributed by atoms with Crippen LogP contribution in [0, 0.1) is 23.7 Å². The molecule has 7 amide bonds. The number of methoxy groups -OCH3 is 2. The average molecular weight is 989 g/mol. The molecule has 0 bridgehead atoms. The third-order valence-electron chi connectivity index (χ3n) is 14.0. The van der Waals surface area contributed by atoms with Gasteiger partial charge in [-0.15, -0.1) is 0 Å². The smallest absolute Gasteiger partial charge is 0.329 e. The van der Waals surface area contributed by atoms with Gasteiger partial charge in [0.15, 0.2) is 6.04 Å². The number of nitrogens with zero attached hydrogens (tertiary/aromatic N) is 4. The summed E-state index contributed by atoms with van der Waals surface area (Å²) >= 11 is 1.37. The number of rotatable bonds is 28. The SMILES string of the molecule is CC[C@H](C)[C@@H]([C@@H](CC(=O)N1CCC[C@H]1[C@H](OC)[C@@H](C)C(=O)NC(C(=O)O)[C@@H](O)c1ccccc1)OC)N(C)C(=O)[C@@H](NC(=O)[C@H](C(C)C)N(C)C(=O)CCCCCN1C(=O)CC(SC)C1=O)C(C)C. The maximum absolute atomic E-state index is 14.6. The van der Waals surface area contributed by atoms with Gasteiger partial charge in [0.05, 0.1) is 41.9 Å². The number of aliphatic hydroxyl groups is 1. The van der Waals surface area contributed by atoms with E-state index in [0.717, 1.165) is 0 Å². The van der Waals surface area contributed by atoms with Crippen molar-refractivity contribution in [3.8, 4) is 0 Å². The van der Waals surface area contributed by atoms with E-state index in [1.165, 1.54) is 35.8 Å². The van der Waals surface area contributed by atoms with E-state index in [1.807, 2.05) is 47.8 Å². The number of likely N-dealkylation sites (N-methyl/N-ethyl adjacent to an activating group) is 2. The molecule has 2 saturated heterocycles. The monoisotopic (exact) mass is 989 g/mol. The number of imide groups is 1. The highest BCUT2D eigenvalue weighted by Crippen LogP contribution is 2.31. The highest BCUT2D eigenvalue weighted by atomic mass is 32.2. The lowest BCUT2D eigenvalue weighted by molar-refractivity contribution is -0.149. The lowest BCUT2D eigenvalue weighted by atomic mass is 9.89. The fraction of sp³-hybridized carbons (Fsp3) is 0.720. The Bertz CT molecular complexity index is 1910. The van der Waals surface area contributed by atoms with Gasteiger partial charge < -0.3 is 45.0 Å². The molecule has 2 unspecified atom stereocenters. The van der Waals surface area contributed by atoms with Crippen LogP contribution < -0.4 is 10.6 Å². The molecule has 1 aromatic rings. The number of unbranched alkanes of at least 4 members (excludes halogenated alkanes) is 2. The third kappa shape index (κ3) is 15.2. The predicted molar refractivity (Wildman–Crippen MR) is 262 cm³/mol. The van der Waals surface area contributed by atoms with Crippen LogP contribution in [0.25, 0.3) is 0 Å². The van der Waals surface area contributed by atoms with Crippen LogP contribution in [0.15, 0.2) is 30.3 Å². The molecule has 2 aliphatic heterocycles. The highest BCUT2D eigenvalue weighted by Gasteiger charge is 2.44. The zero-order valence-corrected chi connectivity index (χ0v) is 43.7. The van der Waals surface area contributed by atoms with Crippen molar-refractivity contribution in [2.24, 2.45) is 23.7 Å². The van der Waals surface area contributed by atoms with Crippen LogP contribution in [-0.4, -0.2) is 172 Å². The molecule has 69 heavy (non-hydrogen) atoms. The Kier molecular flexibility index (Phi) is 23.6. The largest absolute Gasteiger partial charge is 0.480 e. The number of carboxylic acid groups (broad SMARTS) is 1. The van der Waals surface area contributed by atoms with Gasteiger partial charge in [-0.3, -0.25) is 38.5 Å². The molecule has 19 heteroatoms. The Morgan fingerprint density at radius 1 is 0.870 bits per heavy atom. The molecule has 2 fully saturated rings. The summed E-state index contributed by atoms with van der Waals surface area (Å²) < 4.78 is 11.9. The van der Waals surface area contributed by atoms with Crippen molar-refractivity contribution < 1.29 is 58.0 Å². The van der Waals surface area contributed by atoms with Gasteiger partial charge in [0.1, 0.15) is 18.2 Å². The standard InChI is InChI=1S/C50H80N6O12S/c1-13-31(6)43(35(67-10)27-38(58)55-26-20-23-34(55)45(68-11)32(7)46(61)52-41(50(65)66)44(60)33-21-16-14-17-22-33)54(9)49(64)40(29(2)3)51-47(62)42(30(4)5)53(8)37(57)24-18-15-19-25-56-39(59)28-36(69-12)48(56)63/h14,16-17,21-22,29-32,34-36,40-45,60H,13,15,18-20,23-28H2,1-12H3,(H,51,62)(H,52,61)(H,65,66)/t31-,32+,34-,35+,36?,40-,41?,42-,43-,44-,45+/m0/s1. The Morgan fingerprint density at radius 2 is 1.51 bits per heavy atom. The Hall–Kier alpha value is -4.59. The lowest BCUT2D eigenvalue weighted by Gasteiger charge is -2.41. The summed E-state index contributed by atoms with van der Waals surface area (Å²) in [6.45, 7) is 13.5. The van der Waals surface area contributed by atoms with Gasteiger partial charge in [-0.25, -0.2) is 4.79 Å². The minimum absolute atomic E-state index is 0.116. The molecule has 0 aromatic heterocycles. The molecular weight excluding hydrogens is 909 g/mol. The number of amides is 7. The van der Waals surface area contributed by atoms with E-state index in [9.17, 15) is 48.6 Å². The minimum atomic E-state index is -1.64. The van der Waals surface area contributed by atoms with E-state index < -0.39 is 72.2 Å². The molecule has 11 atom stereocenters. The highest BCUT2D eigenvalue weighted by molar-refractivity contribution is 8.00. The van der Waals surface area contributed by atoms with Crippen molar-refractivity contribution in [2.45, 2.75) is 160 Å². The summed E-state index contributed by atoms with van der Waals surface area (Å²) in [5.74, 6) is -5.54. The first kappa shape index (κ1) is 58.7. The number of carboxylic acids is 1. The van der Waals surface area contributed by atoms with E-state index in [-0.39, 0.29) is 71.8 Å². The van der Waals surface area contributed by atoms with Crippen molar-refractivity contribution in [3.63, 3.8) is 0 Å². The zero-order valence-electron chi connectivity index (χ0n) is 42.8. The van der Waals surface area contributed by atoms with Crippen LogP contribution in [0.2, 0.25) is 0 Å². The van der Waals surface area contributed by atoms with E-state index >= 15 is 0 Å². The van der Waals surface area contributed by atoms with Crippen LogP contribution in [0.4, 0.5) is 0 Å². The molecule has 0 spiro atoms. The van der Waals surface area contributed by atoms with E-state index in [4.69, 9.17) is 9.47 Å². The van der Waals surface area contributed by atoms with Gasteiger partial charge in [0, 0.05) is 54.2 Å². The van der Waals surface area contributed by atoms with Gasteiger partial charge in [-0.2, -0.15) is 11.8 Å². The average Bonchev–Trinajstić information content (AvgIpc) is 3.91. The maximum Gasteiger partial charge on any atom is 0.329 e. The van der Waals surface area contributed by atoms with Crippen LogP contribution in [-0.2, 0) is 47.8 Å². The quantitative estimate of drug-likeness (QED) is 0.0691. The van der Waals surface area contributed by atoms with Crippen molar-refractivity contribution in [1.29, 1.82) is 0 Å². The summed E-state index contributed by atoms with van der Waals surface area (Å²) in [7, 11) is 6.14. The number of ether oxygens (including phenoxy) is 2. The molecular formula is C50H80N6O12S. The molecule has 0 saturated carbocycles. The van der Waals surface area contributed by atoms with E-state index in [0.29, 0.717) is 57.2 Å². The van der Waals surface area contributed by atoms with Crippen molar-refractivity contribution in [1.82, 2.24) is 30.2 Å². The summed E-state index contributed by atoms with van der Waals surface area (Å²) in [4.78, 5) is 113. The van der Waals surface area contributed by atoms with Crippen LogP contribution in [0.5, 0.6) is 0 Å². The molecule has 1 aromatic carbocycles. The normalized spacial score (nSPS) is 20.2. The number of likely N-dealkylation sites (tertiary alicyclic amines) is 2. The molecule has 0 radical (unpaired) electrons. The number of benzene rings is 1. The number of aliphatic hydroxyl groups excluding tert-OH is 1. The zero-order chi connectivity index (χ0) is 51.9. The summed E-state index contributed by atoms with van der Waals surface area (Å²) in [6.07, 6.45) is 2.41. The summed E-state index contributed by atoms with van der Waals surface area (Å²) in [5, 5.41) is 25.9. The van der Waals surface area contributed by atoms with Crippen molar-refractivity contribution in [2.75, 3.05) is 47.7 Å². The van der Waals surface area contributed by atoms with Gasteiger partial charge in [0.25, 0.3) is 0 Å². The second-order valence-corrected chi connectivity index (χ2v) is 20.4. The topological polar surface area (TPSA) is 232 Å². The number of nitrogens with one attached hydrogen (secondary N) is 2. The molecule has 2 aliphatic rings. The minimum Gasteiger partial charge on any atom is -0.480 e. The van der Waals surface area contributed by atoms with Crippen molar-refractivity contribution in [3.05, 3.63) is 35.9 Å². The molecule has 2 heterocycles. The number of aliphatic carboxylic acids is 1. The molecule has 3 rings (SSSR count). The fourth-order valence-corrected chi connectivity index (χ4v) is 10.4. The molecule has 18 nitrogen and oxygen atoms in total. The Labute approximate surface area is 413 Å². The van der Waals surface area contributed by atoms with Gasteiger partial charge >= 0.3 is 5.97 Å². The van der Waals surface area contributed by atoms with Crippen LogP contribution >= 0.6 is 11.8 Å². The Balaban J connectivity index is 1.71. The Morgan fingerprint density at radius 3 is 2.04 bits per heavy atom. The van der Waals surface area contributed by atoms with Gasteiger partial charge in [-0.05, 0) is 55.3 Å². The van der Waals surface area contributed by atoms with Crippen LogP contribution in [0.1, 0.15) is 118 Å². The second-order valence-electron chi connectivity index (χ2n) is 19.3. The maximum atomic E-state index is 14.6. The van der Waals surface area contributed by atoms with Crippen LogP contribution in [0.3, 0.4) is 0 Å². The first-order valence-corrected chi connectivity index (χ1v) is 25.7. The molecule has 0 aliphatic carbocycles. The number of hydrogen-bond donors (Lipinski definition) is 4. The first-order valence-electron chi connectivity index (χ1n) is 24.4. The lowest BCUT2D eigenvalue weighted by Crippen LogP contribution is -2.60. The van der Waals surface area contributed by atoms with E-state index in [2.05, 4.69) is 10.6 Å². The van der Waals surface area contributed by atoms with E-state index in [1.54, 1.807) is 61.2 Å². The summed E-state index contributed by atoms with van der Waals surface area (Å²) in [5.41, 5.74) is 0.324. The third-order valence-corrected chi connectivity index (χ3v) is 14.9. The van der Waals surface area contributed by atoms with Gasteiger partial charge in [0.2, 0.25) is 41.4 Å². The fourth-order valence-electron chi connectivity index (χ4n) is 9.73. The molecule has 4 N–H and O–H groups in total. The number of hydrogen-bond acceptors (Lipinski definition) is 12. The predicted octanol–water partition coefficient (Wildman–Crippen LogP) is 3.88. The molecule has 388 valence electrons. The van der Waals surface area contributed by atoms with Gasteiger partial charge in [-0.1, -0.05) is 91.6 Å². The second kappa shape index (κ2) is 27.7. The number of carbonyl (C=O) groups is 8. The summed E-state index contributed by atoms with van der Waals surface area (Å²) in [6, 6.07) is 3.51. The number of thioether (sulfide) groups is 1. The first-order chi connectivity index (χ1) is 32.6. The number of carbonyl (C=O) groups excluding carboxylic acids is 7.